The summed E-state index contributed by atoms with van der Waals surface area (Å²) in [4.78, 5) is 26.7. The summed E-state index contributed by atoms with van der Waals surface area (Å²) in [6.07, 6.45) is 4.76. The van der Waals surface area contributed by atoms with Crippen LogP contribution < -0.4 is 5.56 Å². The molecule has 0 spiro atoms. The quantitative estimate of drug-likeness (QED) is 0.942. The van der Waals surface area contributed by atoms with E-state index in [9.17, 15) is 4.79 Å². The van der Waals surface area contributed by atoms with Crippen LogP contribution in [0.1, 0.15) is 48.5 Å². The average Bonchev–Trinajstić information content (AvgIpc) is 2.56. The zero-order chi connectivity index (χ0) is 16.2. The number of H-pyrrole nitrogens is 1. The summed E-state index contributed by atoms with van der Waals surface area (Å²) in [5.41, 5.74) is 2.78. The lowest BCUT2D eigenvalue weighted by Crippen LogP contribution is -2.35. The Hall–Kier alpha value is -2.01. The summed E-state index contributed by atoms with van der Waals surface area (Å²) in [6, 6.07) is 6.02. The molecule has 0 amide bonds. The fraction of sp³-hybridized carbons (Fsp3) is 0.500. The monoisotopic (exact) mass is 312 g/mol. The highest BCUT2D eigenvalue weighted by Gasteiger charge is 2.24. The van der Waals surface area contributed by atoms with Crippen LogP contribution in [0.15, 0.2) is 29.2 Å². The number of hydrogen-bond acceptors (Lipinski definition) is 4. The van der Waals surface area contributed by atoms with Crippen molar-refractivity contribution in [3.05, 3.63) is 57.5 Å². The minimum Gasteiger partial charge on any atom is -0.310 e. The molecule has 0 saturated carbocycles. The van der Waals surface area contributed by atoms with Crippen molar-refractivity contribution in [3.63, 3.8) is 0 Å². The van der Waals surface area contributed by atoms with Crippen molar-refractivity contribution >= 4 is 0 Å². The van der Waals surface area contributed by atoms with Crippen molar-refractivity contribution in [2.24, 2.45) is 0 Å². The smallest absolute Gasteiger partial charge is 0.254 e. The molecule has 0 aromatic carbocycles. The molecule has 1 N–H and O–H groups in total. The predicted molar refractivity (Wildman–Crippen MR) is 90.5 cm³/mol. The second-order valence-corrected chi connectivity index (χ2v) is 6.26. The molecule has 1 fully saturated rings. The number of nitrogens with one attached hydrogen (secondary N) is 1. The van der Waals surface area contributed by atoms with Gasteiger partial charge in [0.1, 0.15) is 5.82 Å². The number of aromatic nitrogens is 3. The Bertz CT molecular complexity index is 711. The maximum atomic E-state index is 12.2. The molecule has 1 atom stereocenters. The van der Waals surface area contributed by atoms with Gasteiger partial charge in [0.05, 0.1) is 5.69 Å². The third kappa shape index (κ3) is 3.67. The van der Waals surface area contributed by atoms with Crippen molar-refractivity contribution in [3.8, 4) is 0 Å². The number of aryl methyl sites for hydroxylation is 1. The van der Waals surface area contributed by atoms with E-state index in [1.54, 1.807) is 0 Å². The second-order valence-electron chi connectivity index (χ2n) is 6.26. The van der Waals surface area contributed by atoms with Gasteiger partial charge in [-0.2, -0.15) is 0 Å². The molecule has 3 heterocycles. The highest BCUT2D eigenvalue weighted by molar-refractivity contribution is 5.18. The Morgan fingerprint density at radius 2 is 2.26 bits per heavy atom. The highest BCUT2D eigenvalue weighted by atomic mass is 16.1. The summed E-state index contributed by atoms with van der Waals surface area (Å²) < 4.78 is 0. The van der Waals surface area contributed by atoms with Gasteiger partial charge in [0.2, 0.25) is 0 Å². The van der Waals surface area contributed by atoms with Crippen LogP contribution in [0.25, 0.3) is 0 Å². The van der Waals surface area contributed by atoms with Gasteiger partial charge in [-0.15, -0.1) is 0 Å². The number of likely N-dealkylation sites (tertiary alicyclic amines) is 1. The van der Waals surface area contributed by atoms with Gasteiger partial charge in [-0.25, -0.2) is 4.98 Å². The first-order valence-electron chi connectivity index (χ1n) is 8.39. The number of aromatic amines is 1. The molecule has 1 unspecified atom stereocenters. The number of nitrogens with zero attached hydrogens (tertiary/aromatic N) is 3. The lowest BCUT2D eigenvalue weighted by Gasteiger charge is -2.32. The first-order chi connectivity index (χ1) is 11.2. The molecule has 0 radical (unpaired) electrons. The van der Waals surface area contributed by atoms with Crippen molar-refractivity contribution in [1.29, 1.82) is 0 Å². The third-order valence-electron chi connectivity index (χ3n) is 4.60. The Kier molecular flexibility index (Phi) is 4.86. The van der Waals surface area contributed by atoms with Crippen LogP contribution in [0.3, 0.4) is 0 Å². The molecular formula is C18H24N4O. The Morgan fingerprint density at radius 1 is 1.39 bits per heavy atom. The van der Waals surface area contributed by atoms with Gasteiger partial charge in [-0.1, -0.05) is 13.0 Å². The van der Waals surface area contributed by atoms with E-state index >= 15 is 0 Å². The molecule has 1 aliphatic rings. The molecule has 1 aliphatic heterocycles. The van der Waals surface area contributed by atoms with Crippen molar-refractivity contribution < 1.29 is 0 Å². The van der Waals surface area contributed by atoms with Crippen LogP contribution in [0.2, 0.25) is 0 Å². The molecular weight excluding hydrogens is 288 g/mol. The molecule has 23 heavy (non-hydrogen) atoms. The molecule has 3 rings (SSSR count). The zero-order valence-electron chi connectivity index (χ0n) is 13.9. The topological polar surface area (TPSA) is 61.9 Å². The Balaban J connectivity index is 1.75. The van der Waals surface area contributed by atoms with E-state index in [4.69, 9.17) is 0 Å². The van der Waals surface area contributed by atoms with Crippen LogP contribution >= 0.6 is 0 Å². The Morgan fingerprint density at radius 3 is 2.96 bits per heavy atom. The van der Waals surface area contributed by atoms with Crippen molar-refractivity contribution in [1.82, 2.24) is 19.9 Å². The van der Waals surface area contributed by atoms with Gasteiger partial charge in [-0.3, -0.25) is 14.7 Å². The molecule has 1 saturated heterocycles. The molecule has 2 aromatic heterocycles. The SMILES string of the molecule is CCc1c(C)nc(C2CCCN(Cc3ccccn3)C2)[nH]c1=O. The van der Waals surface area contributed by atoms with Gasteiger partial charge >= 0.3 is 0 Å². The van der Waals surface area contributed by atoms with Gasteiger partial charge in [0.25, 0.3) is 5.56 Å². The molecule has 5 heteroatoms. The summed E-state index contributed by atoms with van der Waals surface area (Å²) in [5, 5.41) is 0. The molecule has 2 aromatic rings. The second kappa shape index (κ2) is 7.04. The lowest BCUT2D eigenvalue weighted by atomic mass is 9.96. The van der Waals surface area contributed by atoms with E-state index in [0.29, 0.717) is 5.92 Å². The van der Waals surface area contributed by atoms with E-state index < -0.39 is 0 Å². The summed E-state index contributed by atoms with van der Waals surface area (Å²) >= 11 is 0. The van der Waals surface area contributed by atoms with Crippen molar-refractivity contribution in [2.45, 2.75) is 45.6 Å². The molecule has 122 valence electrons. The van der Waals surface area contributed by atoms with E-state index in [1.807, 2.05) is 32.2 Å². The fourth-order valence-electron chi connectivity index (χ4n) is 3.39. The van der Waals surface area contributed by atoms with E-state index in [0.717, 1.165) is 61.7 Å². The van der Waals surface area contributed by atoms with Crippen LogP contribution in [-0.2, 0) is 13.0 Å². The van der Waals surface area contributed by atoms with Crippen LogP contribution in [0.4, 0.5) is 0 Å². The molecule has 0 bridgehead atoms. The highest BCUT2D eigenvalue weighted by Crippen LogP contribution is 2.25. The number of pyridine rings is 1. The summed E-state index contributed by atoms with van der Waals surface area (Å²) in [6.45, 7) is 6.78. The fourth-order valence-corrected chi connectivity index (χ4v) is 3.39. The average molecular weight is 312 g/mol. The van der Waals surface area contributed by atoms with Crippen LogP contribution in [-0.4, -0.2) is 32.9 Å². The van der Waals surface area contributed by atoms with Crippen LogP contribution in [0.5, 0.6) is 0 Å². The van der Waals surface area contributed by atoms with Gasteiger partial charge in [0.15, 0.2) is 0 Å². The predicted octanol–water partition coefficient (Wildman–Crippen LogP) is 2.42. The first kappa shape index (κ1) is 15.9. The van der Waals surface area contributed by atoms with Crippen molar-refractivity contribution in [2.75, 3.05) is 13.1 Å². The van der Waals surface area contributed by atoms with Crippen LogP contribution in [0, 0.1) is 6.92 Å². The first-order valence-corrected chi connectivity index (χ1v) is 8.39. The third-order valence-corrected chi connectivity index (χ3v) is 4.60. The molecule has 5 nitrogen and oxygen atoms in total. The maximum Gasteiger partial charge on any atom is 0.254 e. The maximum absolute atomic E-state index is 12.2. The minimum atomic E-state index is 0.0249. The van der Waals surface area contributed by atoms with E-state index in [2.05, 4.69) is 25.9 Å². The Labute approximate surface area is 136 Å². The largest absolute Gasteiger partial charge is 0.310 e. The summed E-state index contributed by atoms with van der Waals surface area (Å²) in [7, 11) is 0. The normalized spacial score (nSPS) is 19.0. The van der Waals surface area contributed by atoms with Gasteiger partial charge < -0.3 is 4.98 Å². The number of rotatable bonds is 4. The van der Waals surface area contributed by atoms with Gasteiger partial charge in [0, 0.05) is 36.5 Å². The zero-order valence-corrected chi connectivity index (χ0v) is 13.9. The standard InChI is InChI=1S/C18H24N4O/c1-3-16-13(2)20-17(21-18(16)23)14-7-6-10-22(11-14)12-15-8-4-5-9-19-15/h4-5,8-9,14H,3,6-7,10-12H2,1-2H3,(H,20,21,23). The van der Waals surface area contributed by atoms with E-state index in [-0.39, 0.29) is 5.56 Å². The van der Waals surface area contributed by atoms with Gasteiger partial charge in [-0.05, 0) is 44.9 Å². The molecule has 0 aliphatic carbocycles. The summed E-state index contributed by atoms with van der Waals surface area (Å²) in [5.74, 6) is 1.14. The minimum absolute atomic E-state index is 0.0249. The number of hydrogen-bond donors (Lipinski definition) is 1. The van der Waals surface area contributed by atoms with E-state index in [1.165, 1.54) is 0 Å². The number of piperidine rings is 1. The lowest BCUT2D eigenvalue weighted by molar-refractivity contribution is 0.194.